The van der Waals surface area contributed by atoms with E-state index < -0.39 is 17.9 Å². The van der Waals surface area contributed by atoms with Crippen molar-refractivity contribution in [3.05, 3.63) is 69.2 Å². The summed E-state index contributed by atoms with van der Waals surface area (Å²) in [6.45, 7) is 0.769. The molecule has 2 aromatic rings. The Morgan fingerprint density at radius 3 is 2.32 bits per heavy atom. The molecule has 5 heteroatoms. The molecule has 1 aliphatic rings. The first-order chi connectivity index (χ1) is 10.7. The third-order valence-corrected chi connectivity index (χ3v) is 4.09. The van der Waals surface area contributed by atoms with Crippen LogP contribution in [0.3, 0.4) is 0 Å². The van der Waals surface area contributed by atoms with Crippen molar-refractivity contribution in [1.29, 1.82) is 0 Å². The van der Waals surface area contributed by atoms with Gasteiger partial charge in [-0.2, -0.15) is 0 Å². The number of hydrogen-bond donors (Lipinski definition) is 0. The van der Waals surface area contributed by atoms with Crippen LogP contribution in [0.25, 0.3) is 12.2 Å². The van der Waals surface area contributed by atoms with Crippen molar-refractivity contribution in [3.8, 4) is 0 Å². The van der Waals surface area contributed by atoms with Gasteiger partial charge in [-0.15, -0.1) is 0 Å². The van der Waals surface area contributed by atoms with E-state index in [4.69, 9.17) is 9.47 Å². The van der Waals surface area contributed by atoms with E-state index in [0.29, 0.717) is 13.2 Å². The Labute approximate surface area is 135 Å². The molecule has 0 aliphatic carbocycles. The number of benzene rings is 2. The summed E-state index contributed by atoms with van der Waals surface area (Å²) in [6.07, 6.45) is 2.44. The van der Waals surface area contributed by atoms with Crippen molar-refractivity contribution >= 4 is 28.1 Å². The van der Waals surface area contributed by atoms with E-state index in [1.54, 1.807) is 12.2 Å². The van der Waals surface area contributed by atoms with Crippen LogP contribution in [-0.4, -0.2) is 13.2 Å². The van der Waals surface area contributed by atoms with Gasteiger partial charge in [-0.1, -0.05) is 58.4 Å². The van der Waals surface area contributed by atoms with Gasteiger partial charge in [-0.05, 0) is 11.6 Å². The van der Waals surface area contributed by atoms with Crippen molar-refractivity contribution in [2.75, 3.05) is 13.2 Å². The Balaban J connectivity index is 1.89. The molecule has 1 aliphatic heterocycles. The fourth-order valence-corrected chi connectivity index (χ4v) is 2.63. The third-order valence-electron chi connectivity index (χ3n) is 3.37. The van der Waals surface area contributed by atoms with Crippen LogP contribution in [0.4, 0.5) is 8.78 Å². The van der Waals surface area contributed by atoms with Crippen molar-refractivity contribution in [1.82, 2.24) is 0 Å². The monoisotopic (exact) mass is 366 g/mol. The van der Waals surface area contributed by atoms with Crippen LogP contribution in [0.2, 0.25) is 0 Å². The molecule has 2 aromatic carbocycles. The lowest BCUT2D eigenvalue weighted by Gasteiger charge is -2.11. The van der Waals surface area contributed by atoms with Crippen molar-refractivity contribution < 1.29 is 18.3 Å². The van der Waals surface area contributed by atoms with Gasteiger partial charge in [0.05, 0.1) is 13.2 Å². The van der Waals surface area contributed by atoms with E-state index in [2.05, 4.69) is 15.9 Å². The minimum absolute atomic E-state index is 0.0908. The Morgan fingerprint density at radius 1 is 0.909 bits per heavy atom. The quantitative estimate of drug-likeness (QED) is 0.716. The average Bonchev–Trinajstić information content (AvgIpc) is 3.04. The molecule has 0 bridgehead atoms. The van der Waals surface area contributed by atoms with Crippen LogP contribution in [0.5, 0.6) is 0 Å². The Kier molecular flexibility index (Phi) is 4.66. The largest absolute Gasteiger partial charge is 0.346 e. The SMILES string of the molecule is Fc1c(/C=C\c2ccccc2Br)ccc(C2OCCO2)c1F. The first kappa shape index (κ1) is 15.3. The second kappa shape index (κ2) is 6.69. The summed E-state index contributed by atoms with van der Waals surface area (Å²) in [4.78, 5) is 0. The number of ether oxygens (including phenoxy) is 2. The van der Waals surface area contributed by atoms with E-state index in [0.717, 1.165) is 10.0 Å². The average molecular weight is 367 g/mol. The molecule has 0 aromatic heterocycles. The molecule has 1 heterocycles. The predicted molar refractivity (Wildman–Crippen MR) is 84.1 cm³/mol. The zero-order valence-corrected chi connectivity index (χ0v) is 13.1. The number of hydrogen-bond acceptors (Lipinski definition) is 2. The molecule has 0 unspecified atom stereocenters. The Bertz CT molecular complexity index is 710. The summed E-state index contributed by atoms with van der Waals surface area (Å²) in [5.41, 5.74) is 1.15. The van der Waals surface area contributed by atoms with Gasteiger partial charge in [-0.25, -0.2) is 8.78 Å². The maximum Gasteiger partial charge on any atom is 0.186 e. The molecule has 2 nitrogen and oxygen atoms in total. The van der Waals surface area contributed by atoms with E-state index in [1.165, 1.54) is 12.1 Å². The van der Waals surface area contributed by atoms with Crippen molar-refractivity contribution in [3.63, 3.8) is 0 Å². The van der Waals surface area contributed by atoms with Crippen molar-refractivity contribution in [2.24, 2.45) is 0 Å². The van der Waals surface area contributed by atoms with Crippen LogP contribution in [0.15, 0.2) is 40.9 Å². The zero-order valence-electron chi connectivity index (χ0n) is 11.6. The molecular weight excluding hydrogens is 354 g/mol. The molecule has 22 heavy (non-hydrogen) atoms. The minimum Gasteiger partial charge on any atom is -0.346 e. The predicted octanol–water partition coefficient (Wildman–Crippen LogP) is 4.94. The summed E-state index contributed by atoms with van der Waals surface area (Å²) in [5.74, 6) is -1.83. The standard InChI is InChI=1S/C17H13BrF2O2/c18-14-4-2-1-3-11(14)5-6-12-7-8-13(16(20)15(12)19)17-21-9-10-22-17/h1-8,17H,9-10H2/b6-5-. The van der Waals surface area contributed by atoms with Crippen LogP contribution in [-0.2, 0) is 9.47 Å². The Morgan fingerprint density at radius 2 is 1.59 bits per heavy atom. The molecule has 0 radical (unpaired) electrons. The highest BCUT2D eigenvalue weighted by atomic mass is 79.9. The van der Waals surface area contributed by atoms with Gasteiger partial charge in [0.2, 0.25) is 0 Å². The first-order valence-corrected chi connectivity index (χ1v) is 7.60. The van der Waals surface area contributed by atoms with Gasteiger partial charge in [0.25, 0.3) is 0 Å². The summed E-state index contributed by atoms with van der Waals surface area (Å²) in [5, 5.41) is 0. The molecule has 0 saturated carbocycles. The molecule has 1 fully saturated rings. The Hall–Kier alpha value is -1.56. The lowest BCUT2D eigenvalue weighted by molar-refractivity contribution is -0.0468. The van der Waals surface area contributed by atoms with Crippen LogP contribution < -0.4 is 0 Å². The molecule has 3 rings (SSSR count). The zero-order chi connectivity index (χ0) is 15.5. The van der Waals surface area contributed by atoms with Gasteiger partial charge >= 0.3 is 0 Å². The van der Waals surface area contributed by atoms with Gasteiger partial charge in [0, 0.05) is 15.6 Å². The summed E-state index contributed by atoms with van der Waals surface area (Å²) >= 11 is 3.41. The van der Waals surface area contributed by atoms with Gasteiger partial charge < -0.3 is 9.47 Å². The topological polar surface area (TPSA) is 18.5 Å². The highest BCUT2D eigenvalue weighted by Crippen LogP contribution is 2.29. The lowest BCUT2D eigenvalue weighted by atomic mass is 10.1. The normalized spacial score (nSPS) is 15.8. The van der Waals surface area contributed by atoms with Crippen LogP contribution in [0, 0.1) is 11.6 Å². The molecule has 0 atom stereocenters. The van der Waals surface area contributed by atoms with E-state index in [9.17, 15) is 8.78 Å². The van der Waals surface area contributed by atoms with E-state index in [-0.39, 0.29) is 11.1 Å². The summed E-state index contributed by atoms with van der Waals surface area (Å²) in [7, 11) is 0. The van der Waals surface area contributed by atoms with Gasteiger partial charge in [-0.3, -0.25) is 0 Å². The second-order valence-electron chi connectivity index (χ2n) is 4.80. The van der Waals surface area contributed by atoms with Crippen LogP contribution >= 0.6 is 15.9 Å². The maximum atomic E-state index is 14.2. The third kappa shape index (κ3) is 3.11. The van der Waals surface area contributed by atoms with Crippen molar-refractivity contribution in [2.45, 2.75) is 6.29 Å². The maximum absolute atomic E-state index is 14.2. The lowest BCUT2D eigenvalue weighted by Crippen LogP contribution is -2.04. The molecule has 0 spiro atoms. The molecule has 114 valence electrons. The fraction of sp³-hybridized carbons (Fsp3) is 0.176. The molecule has 0 amide bonds. The first-order valence-electron chi connectivity index (χ1n) is 6.80. The molecule has 0 N–H and O–H groups in total. The second-order valence-corrected chi connectivity index (χ2v) is 5.65. The fourth-order valence-electron chi connectivity index (χ4n) is 2.22. The molecular formula is C17H13BrF2O2. The van der Waals surface area contributed by atoms with E-state index in [1.807, 2.05) is 24.3 Å². The number of rotatable bonds is 3. The van der Waals surface area contributed by atoms with Gasteiger partial charge in [0.15, 0.2) is 17.9 Å². The highest BCUT2D eigenvalue weighted by Gasteiger charge is 2.24. The number of halogens is 3. The van der Waals surface area contributed by atoms with E-state index >= 15 is 0 Å². The highest BCUT2D eigenvalue weighted by molar-refractivity contribution is 9.10. The van der Waals surface area contributed by atoms with Gasteiger partial charge in [0.1, 0.15) is 0 Å². The minimum atomic E-state index is -0.929. The summed E-state index contributed by atoms with van der Waals surface area (Å²) in [6, 6.07) is 10.5. The van der Waals surface area contributed by atoms with Crippen LogP contribution in [0.1, 0.15) is 23.0 Å². The smallest absolute Gasteiger partial charge is 0.186 e. The molecule has 1 saturated heterocycles. The summed E-state index contributed by atoms with van der Waals surface area (Å²) < 4.78 is 39.6.